The molecule has 0 unspecified atom stereocenters. The summed E-state index contributed by atoms with van der Waals surface area (Å²) in [5.41, 5.74) is 9.11. The molecule has 0 saturated heterocycles. The van der Waals surface area contributed by atoms with E-state index in [-0.39, 0.29) is 5.82 Å². The van der Waals surface area contributed by atoms with Crippen LogP contribution in [0.25, 0.3) is 55.4 Å². The van der Waals surface area contributed by atoms with Crippen LogP contribution in [0.4, 0.5) is 4.39 Å². The fourth-order valence-electron chi connectivity index (χ4n) is 4.57. The summed E-state index contributed by atoms with van der Waals surface area (Å²) in [7, 11) is 0. The predicted molar refractivity (Wildman–Crippen MR) is 139 cm³/mol. The lowest BCUT2D eigenvalue weighted by atomic mass is 10.0. The summed E-state index contributed by atoms with van der Waals surface area (Å²) < 4.78 is 13.5. The molecule has 6 heteroatoms. The monoisotopic (exact) mass is 461 g/mol. The first-order valence-corrected chi connectivity index (χ1v) is 11.7. The number of nitrogens with zero attached hydrogens (tertiary/aromatic N) is 2. The molecule has 0 bridgehead atoms. The van der Waals surface area contributed by atoms with Gasteiger partial charge in [0, 0.05) is 40.8 Å². The molecule has 172 valence electrons. The molecule has 0 aliphatic rings. The molecule has 0 fully saturated rings. The van der Waals surface area contributed by atoms with E-state index in [1.54, 1.807) is 0 Å². The van der Waals surface area contributed by atoms with E-state index in [0.29, 0.717) is 0 Å². The van der Waals surface area contributed by atoms with Gasteiger partial charge in [0.15, 0.2) is 0 Å². The van der Waals surface area contributed by atoms with Gasteiger partial charge in [-0.2, -0.15) is 5.10 Å². The van der Waals surface area contributed by atoms with E-state index in [2.05, 4.69) is 68.8 Å². The van der Waals surface area contributed by atoms with Crippen LogP contribution in [-0.2, 0) is 6.54 Å². The molecule has 0 atom stereocenters. The molecule has 0 saturated carbocycles. The van der Waals surface area contributed by atoms with Gasteiger partial charge in [-0.3, -0.25) is 10.1 Å². The normalized spacial score (nSPS) is 11.5. The lowest BCUT2D eigenvalue weighted by Gasteiger charge is -2.06. The molecule has 0 radical (unpaired) electrons. The molecule has 0 amide bonds. The third-order valence-electron chi connectivity index (χ3n) is 6.34. The summed E-state index contributed by atoms with van der Waals surface area (Å²) in [4.78, 5) is 7.97. The van der Waals surface area contributed by atoms with Crippen LogP contribution in [-0.4, -0.2) is 26.7 Å². The van der Waals surface area contributed by atoms with Crippen molar-refractivity contribution in [2.24, 2.45) is 0 Å². The Balaban J connectivity index is 1.43. The van der Waals surface area contributed by atoms with E-state index < -0.39 is 0 Å². The van der Waals surface area contributed by atoms with Crippen molar-refractivity contribution in [1.29, 1.82) is 0 Å². The number of pyridine rings is 1. The van der Waals surface area contributed by atoms with Gasteiger partial charge in [0.1, 0.15) is 11.5 Å². The van der Waals surface area contributed by atoms with Gasteiger partial charge in [-0.15, -0.1) is 0 Å². The second kappa shape index (κ2) is 8.81. The van der Waals surface area contributed by atoms with Crippen molar-refractivity contribution in [3.05, 3.63) is 96.6 Å². The van der Waals surface area contributed by atoms with Crippen LogP contribution in [0.5, 0.6) is 0 Å². The summed E-state index contributed by atoms with van der Waals surface area (Å²) in [5, 5.41) is 13.3. The quantitative estimate of drug-likeness (QED) is 0.259. The standard InChI is InChI=1S/C29H24FN5/c1-2-31-15-18-12-21(17-32-16-18)20-8-11-27-25(13-20)29(35-34-27)28-14-24-23(4-3-5-26(24)33-28)19-6-9-22(30)10-7-19/h3-14,16-17,31,33H,2,15H2,1H3,(H,34,35). The van der Waals surface area contributed by atoms with Crippen LogP contribution in [0.1, 0.15) is 12.5 Å². The SMILES string of the molecule is CCNCc1cncc(-c2ccc3[nH]nc(-c4cc5c(-c6ccc(F)cc6)cccc5[nH]4)c3c2)c1. The number of rotatable bonds is 6. The van der Waals surface area contributed by atoms with Gasteiger partial charge in [-0.25, -0.2) is 4.39 Å². The maximum atomic E-state index is 13.5. The Morgan fingerprint density at radius 1 is 0.829 bits per heavy atom. The third kappa shape index (κ3) is 3.98. The van der Waals surface area contributed by atoms with Crippen LogP contribution in [0.3, 0.4) is 0 Å². The number of aromatic nitrogens is 4. The predicted octanol–water partition coefficient (Wildman–Crippen LogP) is 6.69. The maximum Gasteiger partial charge on any atom is 0.123 e. The Labute approximate surface area is 202 Å². The minimum atomic E-state index is -0.239. The van der Waals surface area contributed by atoms with Crippen molar-refractivity contribution in [3.63, 3.8) is 0 Å². The van der Waals surface area contributed by atoms with Gasteiger partial charge in [0.25, 0.3) is 0 Å². The first-order chi connectivity index (χ1) is 17.2. The Bertz CT molecular complexity index is 1650. The van der Waals surface area contributed by atoms with E-state index in [1.807, 2.05) is 36.7 Å². The van der Waals surface area contributed by atoms with E-state index in [0.717, 1.165) is 74.1 Å². The van der Waals surface area contributed by atoms with Gasteiger partial charge in [-0.05, 0) is 71.3 Å². The lowest BCUT2D eigenvalue weighted by Crippen LogP contribution is -2.11. The maximum absolute atomic E-state index is 13.5. The number of hydrogen-bond donors (Lipinski definition) is 3. The van der Waals surface area contributed by atoms with Gasteiger partial charge in [-0.1, -0.05) is 37.3 Å². The zero-order chi connectivity index (χ0) is 23.8. The van der Waals surface area contributed by atoms with E-state index >= 15 is 0 Å². The average molecular weight is 462 g/mol. The van der Waals surface area contributed by atoms with Gasteiger partial charge < -0.3 is 10.3 Å². The number of hydrogen-bond acceptors (Lipinski definition) is 3. The Morgan fingerprint density at radius 3 is 2.54 bits per heavy atom. The number of aromatic amines is 2. The third-order valence-corrected chi connectivity index (χ3v) is 6.34. The summed E-state index contributed by atoms with van der Waals surface area (Å²) in [5.74, 6) is -0.239. The van der Waals surface area contributed by atoms with Crippen molar-refractivity contribution in [2.75, 3.05) is 6.54 Å². The molecule has 3 aromatic heterocycles. The van der Waals surface area contributed by atoms with Crippen molar-refractivity contribution in [1.82, 2.24) is 25.5 Å². The lowest BCUT2D eigenvalue weighted by molar-refractivity contribution is 0.628. The van der Waals surface area contributed by atoms with Crippen LogP contribution in [0.2, 0.25) is 0 Å². The topological polar surface area (TPSA) is 69.4 Å². The summed E-state index contributed by atoms with van der Waals surface area (Å²) >= 11 is 0. The molecule has 35 heavy (non-hydrogen) atoms. The number of fused-ring (bicyclic) bond motifs is 2. The molecule has 0 spiro atoms. The van der Waals surface area contributed by atoms with Crippen LogP contribution < -0.4 is 5.32 Å². The molecular weight excluding hydrogens is 437 g/mol. The number of nitrogens with one attached hydrogen (secondary N) is 3. The van der Waals surface area contributed by atoms with Gasteiger partial charge >= 0.3 is 0 Å². The number of H-pyrrole nitrogens is 2. The largest absolute Gasteiger partial charge is 0.353 e. The van der Waals surface area contributed by atoms with E-state index in [1.165, 1.54) is 12.1 Å². The molecule has 6 aromatic rings. The summed E-state index contributed by atoms with van der Waals surface area (Å²) in [6, 6.07) is 23.3. The van der Waals surface area contributed by atoms with Crippen LogP contribution >= 0.6 is 0 Å². The highest BCUT2D eigenvalue weighted by molar-refractivity contribution is 6.01. The zero-order valence-corrected chi connectivity index (χ0v) is 19.3. The molecule has 3 aromatic carbocycles. The minimum absolute atomic E-state index is 0.239. The van der Waals surface area contributed by atoms with Gasteiger partial charge in [0.2, 0.25) is 0 Å². The van der Waals surface area contributed by atoms with Crippen molar-refractivity contribution in [3.8, 4) is 33.6 Å². The van der Waals surface area contributed by atoms with Crippen molar-refractivity contribution in [2.45, 2.75) is 13.5 Å². The van der Waals surface area contributed by atoms with Gasteiger partial charge in [0.05, 0.1) is 11.2 Å². The molecule has 6 rings (SSSR count). The van der Waals surface area contributed by atoms with Crippen LogP contribution in [0.15, 0.2) is 85.2 Å². The molecule has 0 aliphatic heterocycles. The number of halogens is 1. The molecule has 3 N–H and O–H groups in total. The summed E-state index contributed by atoms with van der Waals surface area (Å²) in [6.07, 6.45) is 3.80. The smallest absolute Gasteiger partial charge is 0.123 e. The highest BCUT2D eigenvalue weighted by Gasteiger charge is 2.14. The first-order valence-electron chi connectivity index (χ1n) is 11.7. The Kier molecular flexibility index (Phi) is 5.35. The second-order valence-electron chi connectivity index (χ2n) is 8.65. The van der Waals surface area contributed by atoms with Crippen molar-refractivity contribution >= 4 is 21.8 Å². The van der Waals surface area contributed by atoms with Crippen LogP contribution in [0, 0.1) is 5.82 Å². The fraction of sp³-hybridized carbons (Fsp3) is 0.103. The molecule has 5 nitrogen and oxygen atoms in total. The van der Waals surface area contributed by atoms with E-state index in [4.69, 9.17) is 0 Å². The first kappa shape index (κ1) is 21.3. The highest BCUT2D eigenvalue weighted by Crippen LogP contribution is 2.35. The molecule has 3 heterocycles. The number of benzene rings is 3. The Morgan fingerprint density at radius 2 is 1.69 bits per heavy atom. The van der Waals surface area contributed by atoms with Crippen molar-refractivity contribution < 1.29 is 4.39 Å². The molecular formula is C29H24FN5. The average Bonchev–Trinajstić information content (AvgIpc) is 3.51. The molecule has 0 aliphatic carbocycles. The highest BCUT2D eigenvalue weighted by atomic mass is 19.1. The Hall–Kier alpha value is -4.29. The fourth-order valence-corrected chi connectivity index (χ4v) is 4.57. The second-order valence-corrected chi connectivity index (χ2v) is 8.65. The minimum Gasteiger partial charge on any atom is -0.353 e. The summed E-state index contributed by atoms with van der Waals surface area (Å²) in [6.45, 7) is 3.81. The zero-order valence-electron chi connectivity index (χ0n) is 19.3. The van der Waals surface area contributed by atoms with E-state index in [9.17, 15) is 4.39 Å².